The lowest BCUT2D eigenvalue weighted by Gasteiger charge is -2.31. The zero-order chi connectivity index (χ0) is 18.3. The third-order valence-corrected chi connectivity index (χ3v) is 5.35. The summed E-state index contributed by atoms with van der Waals surface area (Å²) in [4.78, 5) is 14.9. The summed E-state index contributed by atoms with van der Waals surface area (Å²) in [6.45, 7) is 7.83. The highest BCUT2D eigenvalue weighted by Gasteiger charge is 2.28. The van der Waals surface area contributed by atoms with Crippen molar-refractivity contribution >= 4 is 16.8 Å². The quantitative estimate of drug-likeness (QED) is 0.754. The van der Waals surface area contributed by atoms with E-state index < -0.39 is 0 Å². The van der Waals surface area contributed by atoms with Crippen LogP contribution in [0.5, 0.6) is 0 Å². The second-order valence-electron chi connectivity index (χ2n) is 7.59. The molecule has 0 unspecified atom stereocenters. The summed E-state index contributed by atoms with van der Waals surface area (Å²) < 4.78 is 0. The summed E-state index contributed by atoms with van der Waals surface area (Å²) in [6.07, 6.45) is 1.90. The first-order valence-corrected chi connectivity index (χ1v) is 9.32. The molecule has 26 heavy (non-hydrogen) atoms. The van der Waals surface area contributed by atoms with E-state index in [9.17, 15) is 4.79 Å². The van der Waals surface area contributed by atoms with Crippen LogP contribution in [-0.2, 0) is 0 Å². The van der Waals surface area contributed by atoms with Gasteiger partial charge in [0.2, 0.25) is 0 Å². The smallest absolute Gasteiger partial charge is 0.274 e. The topological polar surface area (TPSA) is 77.7 Å². The number of nitrogens with zero attached hydrogens (tertiary/aromatic N) is 3. The number of carbonyl (C=O) groups excluding carboxylic acids is 1. The fourth-order valence-electron chi connectivity index (χ4n) is 3.69. The van der Waals surface area contributed by atoms with Gasteiger partial charge in [-0.2, -0.15) is 10.2 Å². The van der Waals surface area contributed by atoms with Crippen molar-refractivity contribution in [2.24, 2.45) is 0 Å². The maximum Gasteiger partial charge on any atom is 0.274 e. The van der Waals surface area contributed by atoms with Crippen molar-refractivity contribution in [2.75, 3.05) is 13.1 Å². The fraction of sp³-hybridized carbons (Fsp3) is 0.450. The van der Waals surface area contributed by atoms with Crippen LogP contribution in [0.4, 0.5) is 0 Å². The van der Waals surface area contributed by atoms with Gasteiger partial charge < -0.3 is 4.90 Å². The number of likely N-dealkylation sites (tertiary alicyclic amines) is 1. The van der Waals surface area contributed by atoms with Gasteiger partial charge in [0, 0.05) is 30.1 Å². The molecule has 0 bridgehead atoms. The number of amides is 1. The Morgan fingerprint density at radius 3 is 2.62 bits per heavy atom. The summed E-state index contributed by atoms with van der Waals surface area (Å²) in [6, 6.07) is 8.20. The van der Waals surface area contributed by atoms with Crippen LogP contribution in [0.1, 0.15) is 66.0 Å². The number of hydrogen-bond donors (Lipinski definition) is 2. The van der Waals surface area contributed by atoms with Crippen LogP contribution < -0.4 is 0 Å². The molecule has 1 saturated heterocycles. The highest BCUT2D eigenvalue weighted by molar-refractivity contribution is 6.04. The maximum absolute atomic E-state index is 12.9. The maximum atomic E-state index is 12.9. The van der Waals surface area contributed by atoms with Crippen molar-refractivity contribution in [3.8, 4) is 0 Å². The average Bonchev–Trinajstić information content (AvgIpc) is 3.28. The van der Waals surface area contributed by atoms with Gasteiger partial charge in [0.15, 0.2) is 5.69 Å². The number of aryl methyl sites for hydroxylation is 1. The minimum atomic E-state index is 0.0211. The highest BCUT2D eigenvalue weighted by Crippen LogP contribution is 2.29. The Hall–Kier alpha value is -2.63. The Morgan fingerprint density at radius 2 is 1.92 bits per heavy atom. The molecule has 2 aromatic heterocycles. The first-order valence-electron chi connectivity index (χ1n) is 9.32. The Kier molecular flexibility index (Phi) is 4.26. The Morgan fingerprint density at radius 1 is 1.15 bits per heavy atom. The van der Waals surface area contributed by atoms with Crippen molar-refractivity contribution < 1.29 is 4.79 Å². The summed E-state index contributed by atoms with van der Waals surface area (Å²) in [5.74, 6) is 0.892. The molecule has 1 aliphatic heterocycles. The van der Waals surface area contributed by atoms with E-state index in [4.69, 9.17) is 0 Å². The van der Waals surface area contributed by atoms with Crippen LogP contribution >= 0.6 is 0 Å². The van der Waals surface area contributed by atoms with Gasteiger partial charge in [0.25, 0.3) is 5.91 Å². The van der Waals surface area contributed by atoms with Gasteiger partial charge in [-0.3, -0.25) is 15.0 Å². The second-order valence-corrected chi connectivity index (χ2v) is 7.59. The third kappa shape index (κ3) is 3.00. The molecule has 0 spiro atoms. The average molecular weight is 351 g/mol. The molecular formula is C20H25N5O. The SMILES string of the molecule is Cc1ccc2[nH]nc(C(=O)N3CCC(c4cc(C(C)C)n[nH]4)CC3)c2c1. The minimum absolute atomic E-state index is 0.0211. The first-order chi connectivity index (χ1) is 12.5. The van der Waals surface area contributed by atoms with E-state index >= 15 is 0 Å². The van der Waals surface area contributed by atoms with E-state index in [2.05, 4.69) is 40.3 Å². The van der Waals surface area contributed by atoms with Crippen LogP contribution in [0, 0.1) is 6.92 Å². The molecule has 0 radical (unpaired) electrons. The van der Waals surface area contributed by atoms with Gasteiger partial charge in [0.05, 0.1) is 11.2 Å². The zero-order valence-electron chi connectivity index (χ0n) is 15.5. The number of aromatic nitrogens is 4. The van der Waals surface area contributed by atoms with E-state index in [0.717, 1.165) is 48.1 Å². The Bertz CT molecular complexity index is 931. The standard InChI is InChI=1S/C20H25N5O/c1-12(2)17-11-18(23-22-17)14-6-8-25(9-7-14)20(26)19-15-10-13(3)4-5-16(15)21-24-19/h4-5,10-12,14H,6-9H2,1-3H3,(H,21,24)(H,22,23). The summed E-state index contributed by atoms with van der Waals surface area (Å²) in [5, 5.41) is 15.8. The molecule has 2 N–H and O–H groups in total. The monoisotopic (exact) mass is 351 g/mol. The summed E-state index contributed by atoms with van der Waals surface area (Å²) in [7, 11) is 0. The molecule has 0 saturated carbocycles. The molecule has 6 nitrogen and oxygen atoms in total. The van der Waals surface area contributed by atoms with E-state index in [-0.39, 0.29) is 5.91 Å². The van der Waals surface area contributed by atoms with Crippen LogP contribution in [0.25, 0.3) is 10.9 Å². The number of fused-ring (bicyclic) bond motifs is 1. The lowest BCUT2D eigenvalue weighted by molar-refractivity contribution is 0.0708. The molecule has 1 aliphatic rings. The number of nitrogens with one attached hydrogen (secondary N) is 2. The predicted molar refractivity (Wildman–Crippen MR) is 101 cm³/mol. The zero-order valence-corrected chi connectivity index (χ0v) is 15.5. The lowest BCUT2D eigenvalue weighted by atomic mass is 9.92. The number of piperidine rings is 1. The summed E-state index contributed by atoms with van der Waals surface area (Å²) in [5.41, 5.74) is 4.88. The normalized spacial score (nSPS) is 15.9. The third-order valence-electron chi connectivity index (χ3n) is 5.35. The summed E-state index contributed by atoms with van der Waals surface area (Å²) >= 11 is 0. The number of H-pyrrole nitrogens is 2. The molecule has 136 valence electrons. The van der Waals surface area contributed by atoms with Gasteiger partial charge in [-0.1, -0.05) is 25.5 Å². The predicted octanol–water partition coefficient (Wildman–Crippen LogP) is 3.74. The van der Waals surface area contributed by atoms with Gasteiger partial charge >= 0.3 is 0 Å². The van der Waals surface area contributed by atoms with Crippen LogP contribution in [0.15, 0.2) is 24.3 Å². The molecule has 1 amide bonds. The molecule has 3 heterocycles. The number of carbonyl (C=O) groups is 1. The van der Waals surface area contributed by atoms with Crippen LogP contribution in [0.2, 0.25) is 0 Å². The van der Waals surface area contributed by atoms with E-state index in [1.807, 2.05) is 30.0 Å². The minimum Gasteiger partial charge on any atom is -0.337 e. The van der Waals surface area contributed by atoms with E-state index in [1.54, 1.807) is 0 Å². The molecule has 1 aromatic carbocycles. The Labute approximate surface area is 153 Å². The van der Waals surface area contributed by atoms with Crippen LogP contribution in [0.3, 0.4) is 0 Å². The molecule has 3 aromatic rings. The number of aromatic amines is 2. The number of rotatable bonds is 3. The number of benzene rings is 1. The van der Waals surface area contributed by atoms with Crippen LogP contribution in [-0.4, -0.2) is 44.3 Å². The van der Waals surface area contributed by atoms with E-state index in [0.29, 0.717) is 17.5 Å². The van der Waals surface area contributed by atoms with Crippen molar-refractivity contribution in [3.63, 3.8) is 0 Å². The van der Waals surface area contributed by atoms with Gasteiger partial charge in [0.1, 0.15) is 0 Å². The van der Waals surface area contributed by atoms with Gasteiger partial charge in [-0.05, 0) is 43.9 Å². The molecule has 1 fully saturated rings. The number of hydrogen-bond acceptors (Lipinski definition) is 3. The van der Waals surface area contributed by atoms with Crippen molar-refractivity contribution in [2.45, 2.75) is 45.4 Å². The molecule has 0 atom stereocenters. The Balaban J connectivity index is 1.46. The molecule has 4 rings (SSSR count). The van der Waals surface area contributed by atoms with Crippen molar-refractivity contribution in [1.82, 2.24) is 25.3 Å². The second kappa shape index (κ2) is 6.59. The van der Waals surface area contributed by atoms with Gasteiger partial charge in [-0.15, -0.1) is 0 Å². The molecule has 6 heteroatoms. The van der Waals surface area contributed by atoms with Crippen molar-refractivity contribution in [3.05, 3.63) is 46.9 Å². The first kappa shape index (κ1) is 16.8. The highest BCUT2D eigenvalue weighted by atomic mass is 16.2. The molecule has 0 aliphatic carbocycles. The lowest BCUT2D eigenvalue weighted by Crippen LogP contribution is -2.38. The van der Waals surface area contributed by atoms with E-state index in [1.165, 1.54) is 5.69 Å². The largest absolute Gasteiger partial charge is 0.337 e. The fourth-order valence-corrected chi connectivity index (χ4v) is 3.69. The van der Waals surface area contributed by atoms with Gasteiger partial charge in [-0.25, -0.2) is 0 Å². The van der Waals surface area contributed by atoms with Crippen molar-refractivity contribution in [1.29, 1.82) is 0 Å². The molecular weight excluding hydrogens is 326 g/mol.